The summed E-state index contributed by atoms with van der Waals surface area (Å²) in [5.41, 5.74) is 0.603. The van der Waals surface area contributed by atoms with E-state index in [2.05, 4.69) is 10.1 Å². The van der Waals surface area contributed by atoms with Crippen LogP contribution in [0.25, 0.3) is 11.0 Å². The molecule has 3 aromatic rings. The molecule has 0 bridgehead atoms. The molecule has 0 aliphatic heterocycles. The van der Waals surface area contributed by atoms with E-state index in [1.54, 1.807) is 18.2 Å². The fraction of sp³-hybridized carbons (Fsp3) is 0.214. The number of halogens is 1. The fourth-order valence-corrected chi connectivity index (χ4v) is 2.84. The molecule has 0 spiro atoms. The zero-order chi connectivity index (χ0) is 14.1. The predicted octanol–water partition coefficient (Wildman–Crippen LogP) is 1.79. The van der Waals surface area contributed by atoms with Gasteiger partial charge in [-0.1, -0.05) is 30.4 Å². The Morgan fingerprint density at radius 2 is 2.10 bits per heavy atom. The average molecular weight is 289 g/mol. The van der Waals surface area contributed by atoms with Crippen molar-refractivity contribution < 1.29 is 4.39 Å². The quantitative estimate of drug-likeness (QED) is 0.738. The van der Waals surface area contributed by atoms with Gasteiger partial charge in [-0.05, 0) is 30.2 Å². The highest BCUT2D eigenvalue weighted by atomic mass is 32.1. The van der Waals surface area contributed by atoms with Crippen LogP contribution >= 0.6 is 11.3 Å². The molecule has 2 aromatic heterocycles. The van der Waals surface area contributed by atoms with Gasteiger partial charge in [-0.2, -0.15) is 4.52 Å². The normalized spacial score (nSPS) is 12.4. The molecule has 102 valence electrons. The lowest BCUT2D eigenvalue weighted by molar-refractivity contribution is 0.628. The van der Waals surface area contributed by atoms with Crippen molar-refractivity contribution in [2.75, 3.05) is 0 Å². The van der Waals surface area contributed by atoms with Gasteiger partial charge in [-0.3, -0.25) is 4.79 Å². The maximum Gasteiger partial charge on any atom is 0.291 e. The third-order valence-electron chi connectivity index (χ3n) is 2.87. The largest absolute Gasteiger partial charge is 0.291 e. The predicted molar refractivity (Wildman–Crippen MR) is 76.3 cm³/mol. The maximum atomic E-state index is 12.8. The molecule has 0 atom stereocenters. The van der Waals surface area contributed by atoms with Crippen LogP contribution in [-0.2, 0) is 6.42 Å². The van der Waals surface area contributed by atoms with Gasteiger partial charge in [-0.15, -0.1) is 5.10 Å². The SMILES string of the molecule is CCCc1nc2s/c(=C\c3ccc(F)cc3)c(=O)n2n1. The fourth-order valence-electron chi connectivity index (χ4n) is 1.91. The van der Waals surface area contributed by atoms with E-state index in [1.165, 1.54) is 28.0 Å². The van der Waals surface area contributed by atoms with E-state index >= 15 is 0 Å². The van der Waals surface area contributed by atoms with Crippen molar-refractivity contribution >= 4 is 22.4 Å². The molecule has 0 saturated heterocycles. The van der Waals surface area contributed by atoms with E-state index in [0.29, 0.717) is 15.3 Å². The lowest BCUT2D eigenvalue weighted by Gasteiger charge is -1.90. The molecule has 6 heteroatoms. The minimum Gasteiger partial charge on any atom is -0.266 e. The number of benzene rings is 1. The second-order valence-electron chi connectivity index (χ2n) is 4.44. The van der Waals surface area contributed by atoms with Gasteiger partial charge in [0.05, 0.1) is 4.53 Å². The van der Waals surface area contributed by atoms with Crippen LogP contribution in [0.1, 0.15) is 24.7 Å². The number of hydrogen-bond acceptors (Lipinski definition) is 4. The number of aromatic nitrogens is 3. The molecular formula is C14H12FN3OS. The number of rotatable bonds is 3. The van der Waals surface area contributed by atoms with E-state index in [9.17, 15) is 9.18 Å². The van der Waals surface area contributed by atoms with E-state index in [1.807, 2.05) is 6.92 Å². The molecule has 0 saturated carbocycles. The van der Waals surface area contributed by atoms with Crippen molar-refractivity contribution in [1.82, 2.24) is 14.6 Å². The van der Waals surface area contributed by atoms with Crippen LogP contribution in [0.2, 0.25) is 0 Å². The van der Waals surface area contributed by atoms with Gasteiger partial charge in [-0.25, -0.2) is 9.37 Å². The summed E-state index contributed by atoms with van der Waals surface area (Å²) in [6.07, 6.45) is 3.44. The van der Waals surface area contributed by atoms with Crippen molar-refractivity contribution in [3.8, 4) is 0 Å². The topological polar surface area (TPSA) is 47.3 Å². The van der Waals surface area contributed by atoms with Gasteiger partial charge < -0.3 is 0 Å². The van der Waals surface area contributed by atoms with Gasteiger partial charge in [0, 0.05) is 6.42 Å². The van der Waals surface area contributed by atoms with Crippen molar-refractivity contribution in [3.63, 3.8) is 0 Å². The average Bonchev–Trinajstić information content (AvgIpc) is 2.94. The molecule has 0 fully saturated rings. The molecule has 0 amide bonds. The van der Waals surface area contributed by atoms with Crippen molar-refractivity contribution in [3.05, 3.63) is 56.4 Å². The Morgan fingerprint density at radius 3 is 2.75 bits per heavy atom. The Labute approximate surface area is 118 Å². The number of fused-ring (bicyclic) bond motifs is 1. The molecule has 2 heterocycles. The van der Waals surface area contributed by atoms with Crippen LogP contribution in [0.15, 0.2) is 29.1 Å². The molecule has 0 unspecified atom stereocenters. The molecule has 20 heavy (non-hydrogen) atoms. The Bertz CT molecular complexity index is 851. The van der Waals surface area contributed by atoms with E-state index in [-0.39, 0.29) is 11.4 Å². The zero-order valence-electron chi connectivity index (χ0n) is 10.8. The first-order chi connectivity index (χ1) is 9.67. The second-order valence-corrected chi connectivity index (χ2v) is 5.45. The summed E-state index contributed by atoms with van der Waals surface area (Å²) in [5.74, 6) is 0.403. The van der Waals surface area contributed by atoms with E-state index in [4.69, 9.17) is 0 Å². The highest BCUT2D eigenvalue weighted by molar-refractivity contribution is 7.15. The van der Waals surface area contributed by atoms with E-state index < -0.39 is 0 Å². The first-order valence-electron chi connectivity index (χ1n) is 6.33. The summed E-state index contributed by atoms with van der Waals surface area (Å²) in [5, 5.41) is 4.20. The van der Waals surface area contributed by atoms with Gasteiger partial charge >= 0.3 is 0 Å². The summed E-state index contributed by atoms with van der Waals surface area (Å²) in [7, 11) is 0. The van der Waals surface area contributed by atoms with E-state index in [0.717, 1.165) is 18.4 Å². The molecular weight excluding hydrogens is 277 g/mol. The van der Waals surface area contributed by atoms with Crippen LogP contribution in [0.5, 0.6) is 0 Å². The molecule has 0 aliphatic carbocycles. The molecule has 4 nitrogen and oxygen atoms in total. The third kappa shape index (κ3) is 2.34. The number of thiazole rings is 1. The standard InChI is InChI=1S/C14H12FN3OS/c1-2-3-12-16-14-18(17-12)13(19)11(20-14)8-9-4-6-10(15)7-5-9/h4-8H,2-3H2,1H3/b11-8-. The highest BCUT2D eigenvalue weighted by Gasteiger charge is 2.09. The van der Waals surface area contributed by atoms with Crippen LogP contribution in [0, 0.1) is 5.82 Å². The van der Waals surface area contributed by atoms with Crippen LogP contribution in [-0.4, -0.2) is 14.6 Å². The number of hydrogen-bond donors (Lipinski definition) is 0. The smallest absolute Gasteiger partial charge is 0.266 e. The Kier molecular flexibility index (Phi) is 3.31. The first kappa shape index (κ1) is 12.9. The van der Waals surface area contributed by atoms with Gasteiger partial charge in [0.2, 0.25) is 4.96 Å². The molecule has 0 N–H and O–H groups in total. The highest BCUT2D eigenvalue weighted by Crippen LogP contribution is 2.06. The Balaban J connectivity index is 2.08. The summed E-state index contributed by atoms with van der Waals surface area (Å²) in [6.45, 7) is 2.04. The van der Waals surface area contributed by atoms with Crippen LogP contribution in [0.3, 0.4) is 0 Å². The maximum absolute atomic E-state index is 12.8. The first-order valence-corrected chi connectivity index (χ1v) is 7.15. The monoisotopic (exact) mass is 289 g/mol. The van der Waals surface area contributed by atoms with Crippen molar-refractivity contribution in [1.29, 1.82) is 0 Å². The molecule has 0 aliphatic rings. The Morgan fingerprint density at radius 1 is 1.35 bits per heavy atom. The summed E-state index contributed by atoms with van der Waals surface area (Å²) in [6, 6.07) is 6.00. The Hall–Kier alpha value is -2.08. The summed E-state index contributed by atoms with van der Waals surface area (Å²) < 4.78 is 14.7. The summed E-state index contributed by atoms with van der Waals surface area (Å²) >= 11 is 1.30. The van der Waals surface area contributed by atoms with Crippen molar-refractivity contribution in [2.24, 2.45) is 0 Å². The lowest BCUT2D eigenvalue weighted by atomic mass is 10.2. The minimum atomic E-state index is -0.295. The van der Waals surface area contributed by atoms with Gasteiger partial charge in [0.15, 0.2) is 5.82 Å². The van der Waals surface area contributed by atoms with Gasteiger partial charge in [0.1, 0.15) is 5.82 Å². The zero-order valence-corrected chi connectivity index (χ0v) is 11.7. The number of nitrogens with zero attached hydrogens (tertiary/aromatic N) is 3. The number of aryl methyl sites for hydroxylation is 1. The minimum absolute atomic E-state index is 0.177. The third-order valence-corrected chi connectivity index (χ3v) is 3.83. The molecule has 1 aromatic carbocycles. The van der Waals surface area contributed by atoms with Crippen LogP contribution in [0.4, 0.5) is 4.39 Å². The van der Waals surface area contributed by atoms with Crippen LogP contribution < -0.4 is 10.1 Å². The summed E-state index contributed by atoms with van der Waals surface area (Å²) in [4.78, 5) is 17.1. The van der Waals surface area contributed by atoms with Crippen molar-refractivity contribution in [2.45, 2.75) is 19.8 Å². The van der Waals surface area contributed by atoms with Gasteiger partial charge in [0.25, 0.3) is 5.56 Å². The molecule has 0 radical (unpaired) electrons. The lowest BCUT2D eigenvalue weighted by Crippen LogP contribution is -2.23. The second kappa shape index (κ2) is 5.13. The molecule has 3 rings (SSSR count).